The first kappa shape index (κ1) is 10.2. The van der Waals surface area contributed by atoms with E-state index in [1.165, 1.54) is 25.7 Å². The third-order valence-electron chi connectivity index (χ3n) is 3.10. The minimum absolute atomic E-state index is 0.516. The van der Waals surface area contributed by atoms with Crippen molar-refractivity contribution in [2.45, 2.75) is 38.6 Å². The molecule has 0 saturated heterocycles. The van der Waals surface area contributed by atoms with E-state index in [1.54, 1.807) is 12.4 Å². The first-order chi connectivity index (χ1) is 7.25. The van der Waals surface area contributed by atoms with E-state index in [4.69, 9.17) is 5.73 Å². The zero-order valence-electron chi connectivity index (χ0n) is 9.11. The van der Waals surface area contributed by atoms with Crippen molar-refractivity contribution in [1.82, 2.24) is 9.97 Å². The van der Waals surface area contributed by atoms with Crippen molar-refractivity contribution < 1.29 is 0 Å². The van der Waals surface area contributed by atoms with Crippen LogP contribution in [0.15, 0.2) is 12.4 Å². The Bertz CT molecular complexity index is 309. The molecule has 0 aromatic carbocycles. The lowest BCUT2D eigenvalue weighted by atomic mass is 9.86. The summed E-state index contributed by atoms with van der Waals surface area (Å²) >= 11 is 0. The maximum atomic E-state index is 5.53. The van der Waals surface area contributed by atoms with Crippen molar-refractivity contribution in [3.63, 3.8) is 0 Å². The largest absolute Gasteiger partial charge is 0.396 e. The number of nitrogens with one attached hydrogen (secondary N) is 1. The Hall–Kier alpha value is -1.32. The molecule has 4 nitrogen and oxygen atoms in total. The van der Waals surface area contributed by atoms with Gasteiger partial charge in [0.2, 0.25) is 5.95 Å². The molecule has 2 rings (SSSR count). The van der Waals surface area contributed by atoms with Crippen LogP contribution in [-0.2, 0) is 0 Å². The topological polar surface area (TPSA) is 63.8 Å². The second-order valence-electron chi connectivity index (χ2n) is 4.35. The highest BCUT2D eigenvalue weighted by Gasteiger charge is 2.21. The van der Waals surface area contributed by atoms with Crippen LogP contribution in [0.4, 0.5) is 11.6 Å². The normalized spacial score (nSPS) is 26.2. The quantitative estimate of drug-likeness (QED) is 0.777. The standard InChI is InChI=1S/C11H18N4/c1-8-4-2-3-5-10(8)15-11-13-6-9(12)7-14-11/h6-8,10H,2-5,12H2,1H3,(H,13,14,15). The van der Waals surface area contributed by atoms with Crippen molar-refractivity contribution in [3.8, 4) is 0 Å². The van der Waals surface area contributed by atoms with Crippen molar-refractivity contribution in [2.24, 2.45) is 5.92 Å². The number of anilines is 2. The molecule has 1 fully saturated rings. The molecule has 1 heterocycles. The molecule has 1 saturated carbocycles. The number of nitrogens with two attached hydrogens (primary N) is 1. The summed E-state index contributed by atoms with van der Waals surface area (Å²) in [5.74, 6) is 1.41. The van der Waals surface area contributed by atoms with Crippen molar-refractivity contribution in [1.29, 1.82) is 0 Å². The highest BCUT2D eigenvalue weighted by atomic mass is 15.1. The summed E-state index contributed by atoms with van der Waals surface area (Å²) in [6.07, 6.45) is 8.45. The molecule has 0 spiro atoms. The van der Waals surface area contributed by atoms with Gasteiger partial charge in [-0.05, 0) is 18.8 Å². The first-order valence-electron chi connectivity index (χ1n) is 5.60. The molecule has 1 aliphatic carbocycles. The Kier molecular flexibility index (Phi) is 3.04. The second kappa shape index (κ2) is 4.47. The van der Waals surface area contributed by atoms with E-state index < -0.39 is 0 Å². The van der Waals surface area contributed by atoms with E-state index in [0.717, 1.165) is 0 Å². The predicted molar refractivity (Wildman–Crippen MR) is 61.5 cm³/mol. The van der Waals surface area contributed by atoms with Gasteiger partial charge < -0.3 is 11.1 Å². The molecule has 4 heteroatoms. The van der Waals surface area contributed by atoms with E-state index in [9.17, 15) is 0 Å². The Balaban J connectivity index is 1.98. The molecule has 3 N–H and O–H groups in total. The lowest BCUT2D eigenvalue weighted by Gasteiger charge is -2.29. The third kappa shape index (κ3) is 2.58. The first-order valence-corrected chi connectivity index (χ1v) is 5.60. The van der Waals surface area contributed by atoms with E-state index >= 15 is 0 Å². The van der Waals surface area contributed by atoms with E-state index in [0.29, 0.717) is 23.6 Å². The molecule has 1 aliphatic rings. The fourth-order valence-corrected chi connectivity index (χ4v) is 2.11. The summed E-state index contributed by atoms with van der Waals surface area (Å²) < 4.78 is 0. The van der Waals surface area contributed by atoms with Crippen LogP contribution in [0.2, 0.25) is 0 Å². The van der Waals surface area contributed by atoms with Crippen LogP contribution in [0, 0.1) is 5.92 Å². The number of hydrogen-bond donors (Lipinski definition) is 2. The number of rotatable bonds is 2. The van der Waals surface area contributed by atoms with Crippen LogP contribution < -0.4 is 11.1 Å². The van der Waals surface area contributed by atoms with Crippen LogP contribution in [0.5, 0.6) is 0 Å². The fraction of sp³-hybridized carbons (Fsp3) is 0.636. The Morgan fingerprint density at radius 3 is 2.60 bits per heavy atom. The molecule has 0 radical (unpaired) electrons. The molecular weight excluding hydrogens is 188 g/mol. The molecule has 0 bridgehead atoms. The highest BCUT2D eigenvalue weighted by Crippen LogP contribution is 2.25. The molecule has 1 aromatic rings. The van der Waals surface area contributed by atoms with Gasteiger partial charge in [0.1, 0.15) is 0 Å². The summed E-state index contributed by atoms with van der Waals surface area (Å²) in [5.41, 5.74) is 6.14. The number of aromatic nitrogens is 2. The van der Waals surface area contributed by atoms with E-state index in [2.05, 4.69) is 22.2 Å². The van der Waals surface area contributed by atoms with Gasteiger partial charge in [0.25, 0.3) is 0 Å². The van der Waals surface area contributed by atoms with Crippen LogP contribution in [-0.4, -0.2) is 16.0 Å². The number of nitrogens with zero attached hydrogens (tertiary/aromatic N) is 2. The summed E-state index contributed by atoms with van der Waals surface area (Å²) in [4.78, 5) is 8.32. The zero-order valence-corrected chi connectivity index (χ0v) is 9.11. The van der Waals surface area contributed by atoms with Crippen LogP contribution >= 0.6 is 0 Å². The molecular formula is C11H18N4. The van der Waals surface area contributed by atoms with Gasteiger partial charge in [-0.1, -0.05) is 19.8 Å². The van der Waals surface area contributed by atoms with E-state index in [-0.39, 0.29) is 0 Å². The van der Waals surface area contributed by atoms with Crippen LogP contribution in [0.3, 0.4) is 0 Å². The third-order valence-corrected chi connectivity index (χ3v) is 3.10. The maximum absolute atomic E-state index is 5.53. The van der Waals surface area contributed by atoms with Gasteiger partial charge in [-0.3, -0.25) is 0 Å². The summed E-state index contributed by atoms with van der Waals surface area (Å²) in [6, 6.07) is 0.516. The molecule has 0 amide bonds. The van der Waals surface area contributed by atoms with Gasteiger partial charge in [-0.2, -0.15) is 0 Å². The molecule has 1 aromatic heterocycles. The highest BCUT2D eigenvalue weighted by molar-refractivity contribution is 5.36. The minimum atomic E-state index is 0.516. The average Bonchev–Trinajstić information content (AvgIpc) is 2.25. The minimum Gasteiger partial charge on any atom is -0.396 e. The number of hydrogen-bond acceptors (Lipinski definition) is 4. The Morgan fingerprint density at radius 1 is 1.27 bits per heavy atom. The second-order valence-corrected chi connectivity index (χ2v) is 4.35. The number of nitrogen functional groups attached to an aromatic ring is 1. The van der Waals surface area contributed by atoms with Gasteiger partial charge in [0.05, 0.1) is 18.1 Å². The summed E-state index contributed by atoms with van der Waals surface area (Å²) in [5, 5.41) is 3.38. The molecule has 2 atom stereocenters. The van der Waals surface area contributed by atoms with Gasteiger partial charge >= 0.3 is 0 Å². The monoisotopic (exact) mass is 206 g/mol. The van der Waals surface area contributed by atoms with Crippen molar-refractivity contribution >= 4 is 11.6 Å². The van der Waals surface area contributed by atoms with Crippen molar-refractivity contribution in [3.05, 3.63) is 12.4 Å². The lowest BCUT2D eigenvalue weighted by Crippen LogP contribution is -2.31. The molecule has 0 aliphatic heterocycles. The predicted octanol–water partition coefficient (Wildman–Crippen LogP) is 2.05. The van der Waals surface area contributed by atoms with Gasteiger partial charge in [-0.25, -0.2) is 9.97 Å². The van der Waals surface area contributed by atoms with Gasteiger partial charge in [-0.15, -0.1) is 0 Å². The van der Waals surface area contributed by atoms with E-state index in [1.807, 2.05) is 0 Å². The summed E-state index contributed by atoms with van der Waals surface area (Å²) in [6.45, 7) is 2.29. The summed E-state index contributed by atoms with van der Waals surface area (Å²) in [7, 11) is 0. The molecule has 82 valence electrons. The average molecular weight is 206 g/mol. The van der Waals surface area contributed by atoms with Gasteiger partial charge in [0.15, 0.2) is 0 Å². The van der Waals surface area contributed by atoms with Crippen molar-refractivity contribution in [2.75, 3.05) is 11.1 Å². The molecule has 15 heavy (non-hydrogen) atoms. The Morgan fingerprint density at radius 2 is 1.93 bits per heavy atom. The fourth-order valence-electron chi connectivity index (χ4n) is 2.11. The Labute approximate surface area is 90.3 Å². The molecule has 2 unspecified atom stereocenters. The lowest BCUT2D eigenvalue weighted by molar-refractivity contribution is 0.348. The van der Waals surface area contributed by atoms with Crippen LogP contribution in [0.1, 0.15) is 32.6 Å². The zero-order chi connectivity index (χ0) is 10.7. The smallest absolute Gasteiger partial charge is 0.222 e. The van der Waals surface area contributed by atoms with Gasteiger partial charge in [0, 0.05) is 6.04 Å². The SMILES string of the molecule is CC1CCCCC1Nc1ncc(N)cn1. The maximum Gasteiger partial charge on any atom is 0.222 e. The van der Waals surface area contributed by atoms with Crippen LogP contribution in [0.25, 0.3) is 0 Å².